The van der Waals surface area contributed by atoms with Crippen molar-refractivity contribution in [1.29, 1.82) is 0 Å². The molecule has 1 saturated heterocycles. The smallest absolute Gasteiger partial charge is 0.325 e. The summed E-state index contributed by atoms with van der Waals surface area (Å²) in [6.45, 7) is 3.30. The zero-order valence-corrected chi connectivity index (χ0v) is 15.8. The molecule has 2 aromatic rings. The Hall–Kier alpha value is -2.86. The van der Waals surface area contributed by atoms with E-state index in [1.807, 2.05) is 19.1 Å². The molecule has 0 aliphatic carbocycles. The summed E-state index contributed by atoms with van der Waals surface area (Å²) >= 11 is 5.89. The predicted molar refractivity (Wildman–Crippen MR) is 103 cm³/mol. The summed E-state index contributed by atoms with van der Waals surface area (Å²) in [7, 11) is 0. The van der Waals surface area contributed by atoms with Crippen LogP contribution in [0.2, 0.25) is 5.02 Å². The van der Waals surface area contributed by atoms with Crippen molar-refractivity contribution in [2.24, 2.45) is 0 Å². The highest BCUT2D eigenvalue weighted by Crippen LogP contribution is 2.29. The fourth-order valence-electron chi connectivity index (χ4n) is 2.99. The summed E-state index contributed by atoms with van der Waals surface area (Å²) in [6.07, 6.45) is 0.903. The molecule has 2 aromatic carbocycles. The molecule has 1 fully saturated rings. The number of carbonyl (C=O) groups excluding carboxylic acids is 3. The zero-order valence-electron chi connectivity index (χ0n) is 15.1. The highest BCUT2D eigenvalue weighted by molar-refractivity contribution is 6.30. The molecule has 3 rings (SSSR count). The van der Waals surface area contributed by atoms with Crippen LogP contribution in [0.5, 0.6) is 0 Å². The lowest BCUT2D eigenvalue weighted by molar-refractivity contribution is -0.133. The standard InChI is InChI=1S/C20H20ClN3O3/c1-3-13-4-10-16(11-5-13)22-17(25)12-24-18(26)20(2,23-19(24)27)14-6-8-15(21)9-7-14/h4-11H,3,12H2,1-2H3,(H,22,25)(H,23,27). The molecule has 0 radical (unpaired) electrons. The minimum Gasteiger partial charge on any atom is -0.325 e. The van der Waals surface area contributed by atoms with E-state index in [1.54, 1.807) is 43.3 Å². The van der Waals surface area contributed by atoms with E-state index in [2.05, 4.69) is 10.6 Å². The maximum absolute atomic E-state index is 12.8. The molecule has 27 heavy (non-hydrogen) atoms. The lowest BCUT2D eigenvalue weighted by Gasteiger charge is -2.22. The number of amides is 4. The van der Waals surface area contributed by atoms with E-state index in [0.717, 1.165) is 16.9 Å². The molecule has 1 unspecified atom stereocenters. The van der Waals surface area contributed by atoms with E-state index < -0.39 is 23.4 Å². The third-order valence-electron chi connectivity index (χ3n) is 4.64. The zero-order chi connectivity index (χ0) is 19.6. The molecule has 0 saturated carbocycles. The summed E-state index contributed by atoms with van der Waals surface area (Å²) in [5.41, 5.74) is 1.14. The number of urea groups is 1. The van der Waals surface area contributed by atoms with Crippen molar-refractivity contribution in [3.05, 3.63) is 64.7 Å². The lowest BCUT2D eigenvalue weighted by atomic mass is 9.92. The van der Waals surface area contributed by atoms with E-state index in [-0.39, 0.29) is 6.54 Å². The second-order valence-electron chi connectivity index (χ2n) is 6.55. The Morgan fingerprint density at radius 2 is 1.74 bits per heavy atom. The topological polar surface area (TPSA) is 78.5 Å². The minimum absolute atomic E-state index is 0.358. The minimum atomic E-state index is -1.23. The number of nitrogens with zero attached hydrogens (tertiary/aromatic N) is 1. The molecule has 1 aliphatic rings. The third-order valence-corrected chi connectivity index (χ3v) is 4.90. The molecule has 140 valence electrons. The Labute approximate surface area is 162 Å². The molecular weight excluding hydrogens is 366 g/mol. The Bertz CT molecular complexity index is 880. The third kappa shape index (κ3) is 3.80. The normalized spacial score (nSPS) is 19.1. The highest BCUT2D eigenvalue weighted by Gasteiger charge is 2.49. The largest absolute Gasteiger partial charge is 0.325 e. The van der Waals surface area contributed by atoms with Gasteiger partial charge in [0.1, 0.15) is 12.1 Å². The maximum Gasteiger partial charge on any atom is 0.325 e. The van der Waals surface area contributed by atoms with Crippen molar-refractivity contribution >= 4 is 35.1 Å². The van der Waals surface area contributed by atoms with Gasteiger partial charge in [-0.05, 0) is 48.7 Å². The van der Waals surface area contributed by atoms with Crippen LogP contribution in [0.1, 0.15) is 25.0 Å². The van der Waals surface area contributed by atoms with E-state index in [4.69, 9.17) is 11.6 Å². The van der Waals surface area contributed by atoms with Gasteiger partial charge in [0.2, 0.25) is 5.91 Å². The number of anilines is 1. The highest BCUT2D eigenvalue weighted by atomic mass is 35.5. The quantitative estimate of drug-likeness (QED) is 0.775. The fourth-order valence-corrected chi connectivity index (χ4v) is 3.11. The molecule has 7 heteroatoms. The van der Waals surface area contributed by atoms with E-state index in [0.29, 0.717) is 16.3 Å². The van der Waals surface area contributed by atoms with Crippen molar-refractivity contribution in [1.82, 2.24) is 10.2 Å². The van der Waals surface area contributed by atoms with Crippen LogP contribution in [0.15, 0.2) is 48.5 Å². The summed E-state index contributed by atoms with van der Waals surface area (Å²) < 4.78 is 0. The summed E-state index contributed by atoms with van der Waals surface area (Å²) in [5, 5.41) is 5.90. The van der Waals surface area contributed by atoms with Gasteiger partial charge in [-0.25, -0.2) is 4.79 Å². The van der Waals surface area contributed by atoms with Crippen LogP contribution in [-0.2, 0) is 21.5 Å². The van der Waals surface area contributed by atoms with Gasteiger partial charge in [0.15, 0.2) is 0 Å². The Kier molecular flexibility index (Phi) is 5.19. The maximum atomic E-state index is 12.8. The van der Waals surface area contributed by atoms with Crippen LogP contribution in [0.4, 0.5) is 10.5 Å². The molecule has 0 aromatic heterocycles. The van der Waals surface area contributed by atoms with Gasteiger partial charge in [0.05, 0.1) is 0 Å². The van der Waals surface area contributed by atoms with Gasteiger partial charge in [-0.1, -0.05) is 42.8 Å². The molecule has 6 nitrogen and oxygen atoms in total. The van der Waals surface area contributed by atoms with Crippen LogP contribution in [0, 0.1) is 0 Å². The van der Waals surface area contributed by atoms with E-state index in [1.165, 1.54) is 0 Å². The number of nitrogens with one attached hydrogen (secondary N) is 2. The summed E-state index contributed by atoms with van der Waals surface area (Å²) in [5.74, 6) is -0.922. The van der Waals surface area contributed by atoms with Crippen LogP contribution < -0.4 is 10.6 Å². The van der Waals surface area contributed by atoms with E-state index in [9.17, 15) is 14.4 Å². The first-order chi connectivity index (χ1) is 12.8. The van der Waals surface area contributed by atoms with Gasteiger partial charge in [-0.2, -0.15) is 0 Å². The molecule has 0 bridgehead atoms. The molecule has 1 atom stereocenters. The fraction of sp³-hybridized carbons (Fsp3) is 0.250. The number of hydrogen-bond donors (Lipinski definition) is 2. The van der Waals surface area contributed by atoms with Gasteiger partial charge >= 0.3 is 6.03 Å². The van der Waals surface area contributed by atoms with Crippen molar-refractivity contribution in [2.75, 3.05) is 11.9 Å². The number of hydrogen-bond acceptors (Lipinski definition) is 3. The number of imide groups is 1. The van der Waals surface area contributed by atoms with Crippen LogP contribution in [-0.4, -0.2) is 29.3 Å². The number of rotatable bonds is 5. The first-order valence-electron chi connectivity index (χ1n) is 8.62. The van der Waals surface area contributed by atoms with Crippen molar-refractivity contribution in [3.8, 4) is 0 Å². The molecule has 1 aliphatic heterocycles. The molecule has 1 heterocycles. The first kappa shape index (κ1) is 18.9. The Morgan fingerprint density at radius 1 is 1.11 bits per heavy atom. The van der Waals surface area contributed by atoms with Crippen LogP contribution >= 0.6 is 11.6 Å². The average Bonchev–Trinajstić information content (AvgIpc) is 2.87. The van der Waals surface area contributed by atoms with Crippen molar-refractivity contribution in [2.45, 2.75) is 25.8 Å². The van der Waals surface area contributed by atoms with Gasteiger partial charge in [0, 0.05) is 10.7 Å². The SMILES string of the molecule is CCc1ccc(NC(=O)CN2C(=O)NC(C)(c3ccc(Cl)cc3)C2=O)cc1. The summed E-state index contributed by atoms with van der Waals surface area (Å²) in [6, 6.07) is 13.5. The number of carbonyl (C=O) groups is 3. The first-order valence-corrected chi connectivity index (χ1v) is 9.00. The second-order valence-corrected chi connectivity index (χ2v) is 6.99. The van der Waals surface area contributed by atoms with Crippen molar-refractivity contribution < 1.29 is 14.4 Å². The van der Waals surface area contributed by atoms with Gasteiger partial charge < -0.3 is 10.6 Å². The lowest BCUT2D eigenvalue weighted by Crippen LogP contribution is -2.42. The number of halogens is 1. The average molecular weight is 386 g/mol. The monoisotopic (exact) mass is 385 g/mol. The van der Waals surface area contributed by atoms with Crippen LogP contribution in [0.25, 0.3) is 0 Å². The summed E-state index contributed by atoms with van der Waals surface area (Å²) in [4.78, 5) is 38.3. The molecule has 2 N–H and O–H groups in total. The van der Waals surface area contributed by atoms with Gasteiger partial charge in [-0.15, -0.1) is 0 Å². The molecular formula is C20H20ClN3O3. The number of benzene rings is 2. The number of aryl methyl sites for hydroxylation is 1. The Morgan fingerprint density at radius 3 is 2.33 bits per heavy atom. The van der Waals surface area contributed by atoms with Gasteiger partial charge in [-0.3, -0.25) is 14.5 Å². The van der Waals surface area contributed by atoms with Crippen molar-refractivity contribution in [3.63, 3.8) is 0 Å². The van der Waals surface area contributed by atoms with Gasteiger partial charge in [0.25, 0.3) is 5.91 Å². The second kappa shape index (κ2) is 7.40. The Balaban J connectivity index is 1.71. The molecule has 0 spiro atoms. The predicted octanol–water partition coefficient (Wildman–Crippen LogP) is 3.31. The molecule has 4 amide bonds. The van der Waals surface area contributed by atoms with Crippen LogP contribution in [0.3, 0.4) is 0 Å². The van der Waals surface area contributed by atoms with E-state index >= 15 is 0 Å².